The summed E-state index contributed by atoms with van der Waals surface area (Å²) in [5, 5.41) is 64.0. The molecule has 14 heteroatoms. The number of halogens is 1. The van der Waals surface area contributed by atoms with Gasteiger partial charge in [0.25, 0.3) is 5.91 Å². The summed E-state index contributed by atoms with van der Waals surface area (Å²) in [6.45, 7) is 5.67. The van der Waals surface area contributed by atoms with Crippen molar-refractivity contribution in [2.24, 2.45) is 16.7 Å². The summed E-state index contributed by atoms with van der Waals surface area (Å²) in [6, 6.07) is 20.8. The number of carbonyl (C=O) groups is 4. The fourth-order valence-electron chi connectivity index (χ4n) is 9.55. The molecule has 7 rings (SSSR count). The molecule has 13 nitrogen and oxygen atoms in total. The number of hydrogen-bond donors (Lipinski definition) is 6. The molecule has 3 aromatic rings. The molecule has 2 saturated carbocycles. The van der Waals surface area contributed by atoms with Crippen molar-refractivity contribution in [1.29, 1.82) is 0 Å². The standard InChI is InChI=1S/C43H46ClNO12/c1-22-27(56-39(52)33(48)31(23-15-17-26(44)18-16-23)45-37(50)24-11-7-5-8-12-24)20-43(54)36(57-38(51)25-13-9-6-10-14-25)34-41(4,28(46)19-29-42(34,53)21-55-29)35(49)32(47)30(22)40(43,2)3/h5-18,27-29,31-34,36,46-48,53-54H,19-21H2,1-4H3,(H,45,50)/t27?,28?,29?,31-,32?,33?,34?,36?,41+,42-,43?/m0/s1. The number of hydrogen-bond acceptors (Lipinski definition) is 12. The second-order valence-electron chi connectivity index (χ2n) is 16.4. The molecule has 6 N–H and O–H groups in total. The molecule has 3 aromatic carbocycles. The molecule has 4 aliphatic rings. The number of aliphatic hydroxyl groups is 5. The number of fused-ring (bicyclic) bond motifs is 5. The van der Waals surface area contributed by atoms with Gasteiger partial charge in [-0.1, -0.05) is 74.0 Å². The highest BCUT2D eigenvalue weighted by atomic mass is 35.5. The summed E-state index contributed by atoms with van der Waals surface area (Å²) in [5.74, 6) is -5.17. The first-order valence-electron chi connectivity index (χ1n) is 18.8. The van der Waals surface area contributed by atoms with Gasteiger partial charge in [0.2, 0.25) is 0 Å². The zero-order valence-corrected chi connectivity index (χ0v) is 32.6. The normalized spacial score (nSPS) is 33.9. The van der Waals surface area contributed by atoms with Crippen LogP contribution < -0.4 is 5.32 Å². The van der Waals surface area contributed by atoms with Gasteiger partial charge in [0.05, 0.1) is 35.8 Å². The molecule has 1 amide bonds. The Morgan fingerprint density at radius 1 is 0.895 bits per heavy atom. The van der Waals surface area contributed by atoms with Gasteiger partial charge in [0, 0.05) is 34.8 Å². The van der Waals surface area contributed by atoms with E-state index in [0.29, 0.717) is 10.6 Å². The Hall–Kier alpha value is -4.47. The van der Waals surface area contributed by atoms with Crippen LogP contribution in [0.5, 0.6) is 0 Å². The van der Waals surface area contributed by atoms with Crippen LogP contribution in [-0.4, -0.2) is 104 Å². The van der Waals surface area contributed by atoms with Crippen molar-refractivity contribution < 1.29 is 58.9 Å². The largest absolute Gasteiger partial charge is 0.456 e. The first-order chi connectivity index (χ1) is 26.9. The van der Waals surface area contributed by atoms with Gasteiger partial charge < -0.3 is 45.1 Å². The van der Waals surface area contributed by atoms with E-state index in [2.05, 4.69) is 5.32 Å². The lowest BCUT2D eigenvalue weighted by atomic mass is 9.44. The molecule has 3 fully saturated rings. The van der Waals surface area contributed by atoms with Crippen LogP contribution in [-0.2, 0) is 23.8 Å². The van der Waals surface area contributed by atoms with E-state index in [-0.39, 0.29) is 35.3 Å². The van der Waals surface area contributed by atoms with E-state index in [1.54, 1.807) is 62.4 Å². The number of rotatable bonds is 8. The monoisotopic (exact) mass is 803 g/mol. The molecular formula is C43H46ClNO12. The van der Waals surface area contributed by atoms with Crippen molar-refractivity contribution in [3.8, 4) is 0 Å². The highest BCUT2D eigenvalue weighted by Gasteiger charge is 2.76. The van der Waals surface area contributed by atoms with Crippen molar-refractivity contribution in [1.82, 2.24) is 5.32 Å². The van der Waals surface area contributed by atoms with Crippen molar-refractivity contribution in [3.05, 3.63) is 118 Å². The maximum absolute atomic E-state index is 14.7. The van der Waals surface area contributed by atoms with Crippen LogP contribution in [0.1, 0.15) is 72.9 Å². The van der Waals surface area contributed by atoms with Gasteiger partial charge in [-0.25, -0.2) is 9.59 Å². The maximum Gasteiger partial charge on any atom is 0.338 e. The fraction of sp³-hybridized carbons (Fsp3) is 0.442. The van der Waals surface area contributed by atoms with Crippen molar-refractivity contribution in [3.63, 3.8) is 0 Å². The highest BCUT2D eigenvalue weighted by Crippen LogP contribution is 2.63. The number of amides is 1. The SMILES string of the molecule is CC1=C2C(O)C(=O)[C@]3(C)C(O)CC4OC[C@@]4(O)C3C(OC(=O)c3ccccc3)C(O)(CC1OC(=O)C(O)[C@@H](NC(=O)c1ccccc1)c1ccc(Cl)cc1)C2(C)C. The molecule has 2 bridgehead atoms. The van der Waals surface area contributed by atoms with Gasteiger partial charge in [-0.2, -0.15) is 0 Å². The molecule has 1 heterocycles. The first-order valence-corrected chi connectivity index (χ1v) is 19.2. The molecule has 0 radical (unpaired) electrons. The number of benzene rings is 3. The topological polar surface area (TPSA) is 209 Å². The number of Topliss-reactive ketones (excluding diaryl/α,β-unsaturated/α-hetero) is 1. The zero-order valence-electron chi connectivity index (χ0n) is 31.8. The average Bonchev–Trinajstić information content (AvgIpc) is 3.19. The van der Waals surface area contributed by atoms with Crippen LogP contribution in [0.25, 0.3) is 0 Å². The van der Waals surface area contributed by atoms with Gasteiger partial charge in [-0.05, 0) is 67.0 Å². The third-order valence-corrected chi connectivity index (χ3v) is 13.2. The Labute approximate surface area is 334 Å². The van der Waals surface area contributed by atoms with E-state index in [9.17, 15) is 44.7 Å². The van der Waals surface area contributed by atoms with Gasteiger partial charge >= 0.3 is 11.9 Å². The number of carbonyl (C=O) groups excluding carboxylic acids is 4. The quantitative estimate of drug-likeness (QED) is 0.143. The molecule has 302 valence electrons. The minimum Gasteiger partial charge on any atom is -0.456 e. The molecule has 0 aromatic heterocycles. The van der Waals surface area contributed by atoms with E-state index in [1.165, 1.54) is 50.2 Å². The van der Waals surface area contributed by atoms with Crippen LogP contribution in [0.15, 0.2) is 96.1 Å². The first kappa shape index (κ1) is 40.7. The third kappa shape index (κ3) is 6.49. The third-order valence-electron chi connectivity index (χ3n) is 13.0. The second kappa shape index (κ2) is 14.7. The number of ketones is 1. The molecule has 8 unspecified atom stereocenters. The number of aliphatic hydroxyl groups excluding tert-OH is 3. The lowest BCUT2D eigenvalue weighted by Crippen LogP contribution is -2.81. The average molecular weight is 804 g/mol. The fourth-order valence-corrected chi connectivity index (χ4v) is 9.68. The second-order valence-corrected chi connectivity index (χ2v) is 16.8. The number of esters is 2. The van der Waals surface area contributed by atoms with E-state index in [4.69, 9.17) is 25.8 Å². The van der Waals surface area contributed by atoms with E-state index in [1.807, 2.05) is 0 Å². The zero-order chi connectivity index (χ0) is 41.2. The van der Waals surface area contributed by atoms with Crippen LogP contribution >= 0.6 is 11.6 Å². The summed E-state index contributed by atoms with van der Waals surface area (Å²) in [4.78, 5) is 56.1. The summed E-state index contributed by atoms with van der Waals surface area (Å²) in [5.41, 5.74) is -7.03. The predicted molar refractivity (Wildman–Crippen MR) is 204 cm³/mol. The smallest absolute Gasteiger partial charge is 0.338 e. The van der Waals surface area contributed by atoms with E-state index < -0.39 is 101 Å². The van der Waals surface area contributed by atoms with Gasteiger partial charge in [-0.15, -0.1) is 0 Å². The minimum absolute atomic E-state index is 0.0493. The molecular weight excluding hydrogens is 758 g/mol. The molecule has 0 spiro atoms. The lowest BCUT2D eigenvalue weighted by molar-refractivity contribution is -0.343. The molecule has 1 aliphatic heterocycles. The molecule has 11 atom stereocenters. The van der Waals surface area contributed by atoms with Gasteiger partial charge in [-0.3, -0.25) is 9.59 Å². The summed E-state index contributed by atoms with van der Waals surface area (Å²) < 4.78 is 17.9. The Bertz CT molecular complexity index is 2090. The highest BCUT2D eigenvalue weighted by molar-refractivity contribution is 6.30. The van der Waals surface area contributed by atoms with Crippen LogP contribution in [0.4, 0.5) is 0 Å². The molecule has 1 saturated heterocycles. The summed E-state index contributed by atoms with van der Waals surface area (Å²) >= 11 is 6.12. The van der Waals surface area contributed by atoms with E-state index in [0.717, 1.165) is 0 Å². The number of ether oxygens (including phenoxy) is 3. The Balaban J connectivity index is 1.31. The van der Waals surface area contributed by atoms with Crippen molar-refractivity contribution >= 4 is 35.2 Å². The molecule has 3 aliphatic carbocycles. The Kier molecular flexibility index (Phi) is 10.5. The summed E-state index contributed by atoms with van der Waals surface area (Å²) in [7, 11) is 0. The number of nitrogens with one attached hydrogen (secondary N) is 1. The maximum atomic E-state index is 14.7. The minimum atomic E-state index is -2.32. The predicted octanol–water partition coefficient (Wildman–Crippen LogP) is 3.25. The van der Waals surface area contributed by atoms with Crippen LogP contribution in [0.2, 0.25) is 5.02 Å². The van der Waals surface area contributed by atoms with E-state index >= 15 is 0 Å². The van der Waals surface area contributed by atoms with Crippen molar-refractivity contribution in [2.45, 2.75) is 94.4 Å². The summed E-state index contributed by atoms with van der Waals surface area (Å²) in [6.07, 6.45) is -10.4. The lowest BCUT2D eigenvalue weighted by Gasteiger charge is -2.66. The van der Waals surface area contributed by atoms with Crippen LogP contribution in [0, 0.1) is 16.7 Å². The van der Waals surface area contributed by atoms with Crippen molar-refractivity contribution in [2.75, 3.05) is 6.61 Å². The Morgan fingerprint density at radius 3 is 2.07 bits per heavy atom. The molecule has 57 heavy (non-hydrogen) atoms. The van der Waals surface area contributed by atoms with Crippen LogP contribution in [0.3, 0.4) is 0 Å². The van der Waals surface area contributed by atoms with Gasteiger partial charge in [0.15, 0.2) is 11.9 Å². The van der Waals surface area contributed by atoms with Gasteiger partial charge in [0.1, 0.15) is 29.5 Å². The Morgan fingerprint density at radius 2 is 1.49 bits per heavy atom.